The zero-order valence-corrected chi connectivity index (χ0v) is 10.9. The molecule has 2 aliphatic heterocycles. The Hall–Kier alpha value is -1.76. The average Bonchev–Trinajstić information content (AvgIpc) is 3.05. The van der Waals surface area contributed by atoms with Crippen molar-refractivity contribution in [2.75, 3.05) is 0 Å². The van der Waals surface area contributed by atoms with E-state index in [1.54, 1.807) is 38.7 Å². The fourth-order valence-electron chi connectivity index (χ4n) is 4.40. The van der Waals surface area contributed by atoms with Crippen molar-refractivity contribution in [2.45, 2.75) is 25.7 Å². The third-order valence-corrected chi connectivity index (χ3v) is 5.17. The molecule has 2 heterocycles. The monoisotopic (exact) mass is 242 g/mol. The molecule has 19 heavy (non-hydrogen) atoms. The van der Waals surface area contributed by atoms with Crippen molar-refractivity contribution in [3.05, 3.63) is 75.7 Å². The molecule has 0 bridgehead atoms. The zero-order chi connectivity index (χ0) is 12.4. The maximum Gasteiger partial charge on any atom is 0.234 e. The summed E-state index contributed by atoms with van der Waals surface area (Å²) in [6.07, 6.45) is 14.1. The lowest BCUT2D eigenvalue weighted by molar-refractivity contribution is 1.11. The van der Waals surface area contributed by atoms with Crippen LogP contribution < -0.4 is 5.46 Å². The van der Waals surface area contributed by atoms with E-state index in [2.05, 4.69) is 42.5 Å². The average molecular weight is 242 g/mol. The Morgan fingerprint density at radius 1 is 0.789 bits per heavy atom. The molecule has 0 unspecified atom stereocenters. The summed E-state index contributed by atoms with van der Waals surface area (Å²) in [6.45, 7) is 0.601. The normalized spacial score (nSPS) is 22.0. The molecule has 0 spiro atoms. The van der Waals surface area contributed by atoms with Crippen LogP contribution in [0.1, 0.15) is 24.0 Å². The van der Waals surface area contributed by atoms with E-state index in [-0.39, 0.29) is 0 Å². The lowest BCUT2D eigenvalue weighted by atomic mass is 9.30. The van der Waals surface area contributed by atoms with E-state index >= 15 is 0 Å². The summed E-state index contributed by atoms with van der Waals surface area (Å²) >= 11 is 0. The lowest BCUT2D eigenvalue weighted by Gasteiger charge is -2.33. The number of hydrogen-bond acceptors (Lipinski definition) is 0. The summed E-state index contributed by atoms with van der Waals surface area (Å²) in [6, 6.07) is 6.94. The van der Waals surface area contributed by atoms with Crippen molar-refractivity contribution in [3.63, 3.8) is 0 Å². The molecule has 90 valence electrons. The van der Waals surface area contributed by atoms with Crippen LogP contribution in [-0.4, -0.2) is 6.71 Å². The van der Waals surface area contributed by atoms with E-state index in [1.807, 2.05) is 0 Å². The van der Waals surface area contributed by atoms with Gasteiger partial charge in [-0.3, -0.25) is 0 Å². The Bertz CT molecular complexity index is 670. The fourth-order valence-corrected chi connectivity index (χ4v) is 4.40. The maximum atomic E-state index is 2.36. The van der Waals surface area contributed by atoms with Crippen LogP contribution in [0, 0.1) is 0 Å². The summed E-state index contributed by atoms with van der Waals surface area (Å²) in [7, 11) is 0. The van der Waals surface area contributed by atoms with Crippen molar-refractivity contribution in [1.82, 2.24) is 0 Å². The molecule has 0 fully saturated rings. The molecular formula is C18H15B. The molecular weight excluding hydrogens is 227 g/mol. The van der Waals surface area contributed by atoms with Crippen LogP contribution >= 0.6 is 0 Å². The quantitative estimate of drug-likeness (QED) is 0.613. The lowest BCUT2D eigenvalue weighted by Crippen LogP contribution is -2.45. The molecule has 1 aromatic carbocycles. The van der Waals surface area contributed by atoms with Gasteiger partial charge >= 0.3 is 0 Å². The standard InChI is InChI=1S/C18H15B/c1-6-14-10-12-4-2-8-16(12)19-17-9-3-5-13(17)11-15(7-1)18(14)19/h1-7H,8-11H2. The highest BCUT2D eigenvalue weighted by atomic mass is 14.3. The van der Waals surface area contributed by atoms with Crippen LogP contribution in [-0.2, 0) is 12.8 Å². The summed E-state index contributed by atoms with van der Waals surface area (Å²) in [4.78, 5) is 0. The third-order valence-electron chi connectivity index (χ3n) is 5.17. The Balaban J connectivity index is 1.81. The number of benzene rings is 1. The Morgan fingerprint density at radius 3 is 1.95 bits per heavy atom. The molecule has 5 rings (SSSR count). The van der Waals surface area contributed by atoms with Gasteiger partial charge in [-0.25, -0.2) is 0 Å². The van der Waals surface area contributed by atoms with Crippen molar-refractivity contribution in [1.29, 1.82) is 0 Å². The molecule has 0 N–H and O–H groups in total. The minimum atomic E-state index is 0.601. The molecule has 4 aliphatic rings. The zero-order valence-electron chi connectivity index (χ0n) is 10.9. The Morgan fingerprint density at radius 2 is 1.37 bits per heavy atom. The minimum absolute atomic E-state index is 0.601. The first-order chi connectivity index (χ1) is 9.42. The van der Waals surface area contributed by atoms with Gasteiger partial charge in [0.05, 0.1) is 0 Å². The highest BCUT2D eigenvalue weighted by Gasteiger charge is 2.39. The first kappa shape index (κ1) is 10.1. The molecule has 0 radical (unpaired) electrons. The second-order valence-electron chi connectivity index (χ2n) is 6.09. The van der Waals surface area contributed by atoms with Gasteiger partial charge in [0.25, 0.3) is 0 Å². The Kier molecular flexibility index (Phi) is 1.81. The van der Waals surface area contributed by atoms with Crippen LogP contribution in [0.3, 0.4) is 0 Å². The van der Waals surface area contributed by atoms with Gasteiger partial charge < -0.3 is 0 Å². The largest absolute Gasteiger partial charge is 0.234 e. The van der Waals surface area contributed by atoms with E-state index in [4.69, 9.17) is 0 Å². The summed E-state index contributed by atoms with van der Waals surface area (Å²) in [5, 5.41) is 0. The van der Waals surface area contributed by atoms with Gasteiger partial charge in [-0.2, -0.15) is 0 Å². The fraction of sp³-hybridized carbons (Fsp3) is 0.222. The third kappa shape index (κ3) is 1.21. The smallest absolute Gasteiger partial charge is 0.0837 e. The van der Waals surface area contributed by atoms with Crippen molar-refractivity contribution in [3.8, 4) is 0 Å². The van der Waals surface area contributed by atoms with E-state index in [9.17, 15) is 0 Å². The predicted molar refractivity (Wildman–Crippen MR) is 80.8 cm³/mol. The highest BCUT2D eigenvalue weighted by Crippen LogP contribution is 2.39. The first-order valence-corrected chi connectivity index (χ1v) is 7.29. The molecule has 0 saturated carbocycles. The SMILES string of the molecule is C1=CC2=C(C1)B1C3=C(C=CC3)Cc3cccc(c31)C2. The van der Waals surface area contributed by atoms with Crippen molar-refractivity contribution in [2.24, 2.45) is 0 Å². The minimum Gasteiger partial charge on any atom is -0.0837 e. The highest BCUT2D eigenvalue weighted by molar-refractivity contribution is 6.87. The number of hydrogen-bond donors (Lipinski definition) is 0. The van der Waals surface area contributed by atoms with Crippen molar-refractivity contribution < 1.29 is 0 Å². The van der Waals surface area contributed by atoms with Gasteiger partial charge in [0.2, 0.25) is 6.71 Å². The molecule has 0 saturated heterocycles. The summed E-state index contributed by atoms with van der Waals surface area (Å²) < 4.78 is 0. The van der Waals surface area contributed by atoms with Crippen LogP contribution in [0.25, 0.3) is 0 Å². The first-order valence-electron chi connectivity index (χ1n) is 7.29. The topological polar surface area (TPSA) is 0 Å². The maximum absolute atomic E-state index is 2.36. The van der Waals surface area contributed by atoms with Crippen LogP contribution in [0.5, 0.6) is 0 Å². The van der Waals surface area contributed by atoms with Gasteiger partial charge in [0.1, 0.15) is 0 Å². The van der Waals surface area contributed by atoms with Crippen LogP contribution in [0.2, 0.25) is 0 Å². The van der Waals surface area contributed by atoms with Gasteiger partial charge in [-0.1, -0.05) is 70.1 Å². The molecule has 0 nitrogen and oxygen atoms in total. The van der Waals surface area contributed by atoms with Gasteiger partial charge in [-0.15, -0.1) is 0 Å². The van der Waals surface area contributed by atoms with E-state index in [0.29, 0.717) is 6.71 Å². The predicted octanol–water partition coefficient (Wildman–Crippen LogP) is 3.09. The summed E-state index contributed by atoms with van der Waals surface area (Å²) in [5.41, 5.74) is 11.4. The van der Waals surface area contributed by atoms with Gasteiger partial charge in [0, 0.05) is 0 Å². The second kappa shape index (κ2) is 3.42. The molecule has 0 amide bonds. The summed E-state index contributed by atoms with van der Waals surface area (Å²) in [5.74, 6) is 0. The molecule has 1 heteroatoms. The number of rotatable bonds is 0. The molecule has 1 aromatic rings. The number of allylic oxidation sites excluding steroid dienone is 8. The van der Waals surface area contributed by atoms with Crippen LogP contribution in [0.15, 0.2) is 64.6 Å². The molecule has 2 aliphatic carbocycles. The molecule has 0 aromatic heterocycles. The number of fused-ring (bicyclic) bond motifs is 2. The second-order valence-corrected chi connectivity index (χ2v) is 6.09. The van der Waals surface area contributed by atoms with E-state index in [0.717, 1.165) is 12.8 Å². The Labute approximate surface area is 114 Å². The van der Waals surface area contributed by atoms with E-state index < -0.39 is 0 Å². The van der Waals surface area contributed by atoms with Gasteiger partial charge in [-0.05, 0) is 36.8 Å². The van der Waals surface area contributed by atoms with Crippen LogP contribution in [0.4, 0.5) is 0 Å². The molecule has 0 atom stereocenters. The van der Waals surface area contributed by atoms with Crippen molar-refractivity contribution >= 4 is 12.2 Å². The van der Waals surface area contributed by atoms with Gasteiger partial charge in [0.15, 0.2) is 0 Å². The van der Waals surface area contributed by atoms with E-state index in [1.165, 1.54) is 12.8 Å².